The Labute approximate surface area is 144 Å². The van der Waals surface area contributed by atoms with Crippen LogP contribution in [0.25, 0.3) is 6.08 Å². The van der Waals surface area contributed by atoms with Crippen LogP contribution in [0.4, 0.5) is 10.1 Å². The first-order valence-electron chi connectivity index (χ1n) is 7.76. The maximum absolute atomic E-state index is 12.9. The third-order valence-corrected chi connectivity index (χ3v) is 3.85. The number of hydrogen-bond acceptors (Lipinski definition) is 3. The summed E-state index contributed by atoms with van der Waals surface area (Å²) in [7, 11) is 1.85. The second kappa shape index (κ2) is 7.12. The SMILES string of the molecule is Cc1c(C=CC(=O)Nc2cnn(Cc3ccc(F)cc3)c2)cnn1C. The van der Waals surface area contributed by atoms with E-state index in [1.54, 1.807) is 46.2 Å². The average Bonchev–Trinajstić information content (AvgIpc) is 3.15. The fourth-order valence-electron chi connectivity index (χ4n) is 2.32. The van der Waals surface area contributed by atoms with E-state index in [-0.39, 0.29) is 11.7 Å². The van der Waals surface area contributed by atoms with E-state index in [1.807, 2.05) is 14.0 Å². The van der Waals surface area contributed by atoms with Gasteiger partial charge in [0.15, 0.2) is 0 Å². The average molecular weight is 339 g/mol. The molecule has 0 atom stereocenters. The Morgan fingerprint density at radius 2 is 2.00 bits per heavy atom. The molecule has 0 saturated heterocycles. The standard InChI is InChI=1S/C18H18FN5O/c1-13-15(9-20-23(13)2)5-8-18(25)22-17-10-21-24(12-17)11-14-3-6-16(19)7-4-14/h3-10,12H,11H2,1-2H3,(H,22,25). The first-order valence-corrected chi connectivity index (χ1v) is 7.76. The van der Waals surface area contributed by atoms with Gasteiger partial charge in [-0.3, -0.25) is 14.2 Å². The quantitative estimate of drug-likeness (QED) is 0.727. The lowest BCUT2D eigenvalue weighted by Crippen LogP contribution is -2.07. The summed E-state index contributed by atoms with van der Waals surface area (Å²) in [5, 5.41) is 11.1. The molecule has 0 unspecified atom stereocenters. The molecule has 0 radical (unpaired) electrons. The largest absolute Gasteiger partial charge is 0.320 e. The monoisotopic (exact) mass is 339 g/mol. The van der Waals surface area contributed by atoms with E-state index in [1.165, 1.54) is 18.2 Å². The topological polar surface area (TPSA) is 64.7 Å². The van der Waals surface area contributed by atoms with Crippen LogP contribution < -0.4 is 5.32 Å². The van der Waals surface area contributed by atoms with Crippen molar-refractivity contribution < 1.29 is 9.18 Å². The van der Waals surface area contributed by atoms with E-state index < -0.39 is 0 Å². The number of hydrogen-bond donors (Lipinski definition) is 1. The van der Waals surface area contributed by atoms with Crippen molar-refractivity contribution in [2.24, 2.45) is 7.05 Å². The van der Waals surface area contributed by atoms with E-state index in [2.05, 4.69) is 15.5 Å². The maximum atomic E-state index is 12.9. The molecule has 2 aromatic heterocycles. The number of benzene rings is 1. The van der Waals surface area contributed by atoms with Gasteiger partial charge in [0.25, 0.3) is 0 Å². The Morgan fingerprint density at radius 1 is 1.24 bits per heavy atom. The van der Waals surface area contributed by atoms with Gasteiger partial charge in [0.1, 0.15) is 5.82 Å². The highest BCUT2D eigenvalue weighted by Gasteiger charge is 2.04. The van der Waals surface area contributed by atoms with Gasteiger partial charge in [-0.1, -0.05) is 12.1 Å². The molecule has 0 aliphatic heterocycles. The van der Waals surface area contributed by atoms with Crippen molar-refractivity contribution in [3.8, 4) is 0 Å². The van der Waals surface area contributed by atoms with Gasteiger partial charge in [-0.2, -0.15) is 10.2 Å². The summed E-state index contributed by atoms with van der Waals surface area (Å²) < 4.78 is 16.3. The number of anilines is 1. The third-order valence-electron chi connectivity index (χ3n) is 3.85. The Kier molecular flexibility index (Phi) is 4.74. The molecule has 3 rings (SSSR count). The molecule has 0 spiro atoms. The van der Waals surface area contributed by atoms with Crippen molar-refractivity contribution in [1.29, 1.82) is 0 Å². The van der Waals surface area contributed by atoms with E-state index in [9.17, 15) is 9.18 Å². The van der Waals surface area contributed by atoms with Crippen LogP contribution in [0.3, 0.4) is 0 Å². The lowest BCUT2D eigenvalue weighted by molar-refractivity contribution is -0.111. The molecule has 2 heterocycles. The molecular formula is C18H18FN5O. The van der Waals surface area contributed by atoms with Crippen LogP contribution >= 0.6 is 0 Å². The smallest absolute Gasteiger partial charge is 0.248 e. The maximum Gasteiger partial charge on any atom is 0.248 e. The van der Waals surface area contributed by atoms with Gasteiger partial charge in [-0.15, -0.1) is 0 Å². The fourth-order valence-corrected chi connectivity index (χ4v) is 2.32. The summed E-state index contributed by atoms with van der Waals surface area (Å²) in [5.74, 6) is -0.516. The molecule has 6 nitrogen and oxygen atoms in total. The highest BCUT2D eigenvalue weighted by atomic mass is 19.1. The minimum Gasteiger partial charge on any atom is -0.320 e. The molecule has 7 heteroatoms. The molecule has 0 saturated carbocycles. The van der Waals surface area contributed by atoms with Crippen LogP contribution in [0.5, 0.6) is 0 Å². The molecule has 25 heavy (non-hydrogen) atoms. The number of halogens is 1. The summed E-state index contributed by atoms with van der Waals surface area (Å²) in [6.07, 6.45) is 8.19. The van der Waals surface area contributed by atoms with Crippen LogP contribution in [-0.4, -0.2) is 25.5 Å². The van der Waals surface area contributed by atoms with Gasteiger partial charge in [0, 0.05) is 30.6 Å². The Hall–Kier alpha value is -3.22. The molecule has 0 fully saturated rings. The van der Waals surface area contributed by atoms with Crippen LogP contribution in [0.1, 0.15) is 16.8 Å². The summed E-state index contributed by atoms with van der Waals surface area (Å²) in [6, 6.07) is 6.22. The van der Waals surface area contributed by atoms with E-state index in [0.29, 0.717) is 12.2 Å². The number of amides is 1. The Balaban J connectivity index is 1.60. The van der Waals surface area contributed by atoms with Crippen molar-refractivity contribution >= 4 is 17.7 Å². The van der Waals surface area contributed by atoms with Crippen molar-refractivity contribution in [2.75, 3.05) is 5.32 Å². The number of aryl methyl sites for hydroxylation is 1. The van der Waals surface area contributed by atoms with Crippen molar-refractivity contribution in [1.82, 2.24) is 19.6 Å². The molecule has 1 aromatic carbocycles. The summed E-state index contributed by atoms with van der Waals surface area (Å²) in [4.78, 5) is 12.0. The van der Waals surface area contributed by atoms with E-state index in [4.69, 9.17) is 0 Å². The zero-order valence-corrected chi connectivity index (χ0v) is 14.0. The molecule has 0 aliphatic carbocycles. The highest BCUT2D eigenvalue weighted by Crippen LogP contribution is 2.10. The van der Waals surface area contributed by atoms with Crippen molar-refractivity contribution in [2.45, 2.75) is 13.5 Å². The molecule has 0 aliphatic rings. The molecule has 1 N–H and O–H groups in total. The van der Waals surface area contributed by atoms with Gasteiger partial charge < -0.3 is 5.32 Å². The van der Waals surface area contributed by atoms with Crippen LogP contribution in [-0.2, 0) is 18.4 Å². The van der Waals surface area contributed by atoms with Crippen LogP contribution in [0, 0.1) is 12.7 Å². The third kappa shape index (κ3) is 4.20. The summed E-state index contributed by atoms with van der Waals surface area (Å²) in [6.45, 7) is 2.44. The number of aromatic nitrogens is 4. The number of carbonyl (C=O) groups is 1. The number of rotatable bonds is 5. The number of nitrogens with one attached hydrogen (secondary N) is 1. The second-order valence-electron chi connectivity index (χ2n) is 5.68. The zero-order chi connectivity index (χ0) is 17.8. The Bertz CT molecular complexity index is 908. The van der Waals surface area contributed by atoms with E-state index >= 15 is 0 Å². The molecule has 1 amide bonds. The van der Waals surface area contributed by atoms with Gasteiger partial charge in [0.2, 0.25) is 5.91 Å². The van der Waals surface area contributed by atoms with Crippen LogP contribution in [0.2, 0.25) is 0 Å². The molecule has 3 aromatic rings. The minimum atomic E-state index is -0.271. The number of carbonyl (C=O) groups excluding carboxylic acids is 1. The fraction of sp³-hybridized carbons (Fsp3) is 0.167. The number of nitrogens with zero attached hydrogens (tertiary/aromatic N) is 4. The zero-order valence-electron chi connectivity index (χ0n) is 14.0. The lowest BCUT2D eigenvalue weighted by atomic mass is 10.2. The Morgan fingerprint density at radius 3 is 2.68 bits per heavy atom. The normalized spacial score (nSPS) is 11.2. The van der Waals surface area contributed by atoms with E-state index in [0.717, 1.165) is 16.8 Å². The van der Waals surface area contributed by atoms with Gasteiger partial charge in [0.05, 0.1) is 24.6 Å². The minimum absolute atomic E-state index is 0.246. The van der Waals surface area contributed by atoms with Crippen molar-refractivity contribution in [3.63, 3.8) is 0 Å². The van der Waals surface area contributed by atoms with Gasteiger partial charge >= 0.3 is 0 Å². The molecular weight excluding hydrogens is 321 g/mol. The molecule has 0 bridgehead atoms. The summed E-state index contributed by atoms with van der Waals surface area (Å²) >= 11 is 0. The van der Waals surface area contributed by atoms with Crippen molar-refractivity contribution in [3.05, 3.63) is 71.6 Å². The highest BCUT2D eigenvalue weighted by molar-refractivity contribution is 6.01. The first kappa shape index (κ1) is 16.6. The lowest BCUT2D eigenvalue weighted by Gasteiger charge is -2.01. The van der Waals surface area contributed by atoms with Gasteiger partial charge in [-0.05, 0) is 30.7 Å². The second-order valence-corrected chi connectivity index (χ2v) is 5.68. The van der Waals surface area contributed by atoms with Gasteiger partial charge in [-0.25, -0.2) is 4.39 Å². The first-order chi connectivity index (χ1) is 12.0. The van der Waals surface area contributed by atoms with Crippen LogP contribution in [0.15, 0.2) is 48.9 Å². The predicted octanol–water partition coefficient (Wildman–Crippen LogP) is 2.76. The summed E-state index contributed by atoms with van der Waals surface area (Å²) in [5.41, 5.74) is 3.40. The predicted molar refractivity (Wildman–Crippen MR) is 93.3 cm³/mol. The molecule has 128 valence electrons.